The number of aromatic nitrogens is 4. The summed E-state index contributed by atoms with van der Waals surface area (Å²) in [4.78, 5) is 4.67. The number of nitrogens with zero attached hydrogens (tertiary/aromatic N) is 5. The molecule has 0 aliphatic carbocycles. The maximum atomic E-state index is 14.9. The smallest absolute Gasteiger partial charge is 0.265 e. The largest absolute Gasteiger partial charge is 1.00 e. The van der Waals surface area contributed by atoms with Gasteiger partial charge in [-0.2, -0.15) is 5.26 Å². The number of rotatable bonds is 7. The molecule has 0 amide bonds. The Morgan fingerprint density at radius 3 is 2.62 bits per heavy atom. The summed E-state index contributed by atoms with van der Waals surface area (Å²) in [5, 5.41) is 27.5. The van der Waals surface area contributed by atoms with Crippen LogP contribution in [-0.2, 0) is 18.7 Å². The SMILES string of the molecule is CC[n+]1cnn(C[C@](O)(c2cc(F)ccc2F)[C@@H](C)c2nc(-c3ccc(C#N)cc3)cs2)c1.[Br-]. The van der Waals surface area contributed by atoms with E-state index in [1.807, 2.05) is 16.9 Å². The molecule has 2 heterocycles. The first-order valence-electron chi connectivity index (χ1n) is 10.4. The van der Waals surface area contributed by atoms with E-state index in [9.17, 15) is 13.9 Å². The molecule has 0 saturated carbocycles. The van der Waals surface area contributed by atoms with Crippen LogP contribution in [0.25, 0.3) is 11.3 Å². The molecular weight excluding hydrogens is 524 g/mol. The highest BCUT2D eigenvalue weighted by Gasteiger charge is 2.43. The Labute approximate surface area is 210 Å². The van der Waals surface area contributed by atoms with Crippen LogP contribution in [0.3, 0.4) is 0 Å². The van der Waals surface area contributed by atoms with Crippen molar-refractivity contribution in [2.45, 2.75) is 38.5 Å². The van der Waals surface area contributed by atoms with Gasteiger partial charge >= 0.3 is 0 Å². The van der Waals surface area contributed by atoms with Crippen molar-refractivity contribution in [1.82, 2.24) is 14.8 Å². The second-order valence-corrected chi connectivity index (χ2v) is 8.69. The second-order valence-electron chi connectivity index (χ2n) is 7.80. The third kappa shape index (κ3) is 5.06. The van der Waals surface area contributed by atoms with E-state index in [-0.39, 0.29) is 29.1 Å². The molecule has 0 bridgehead atoms. The number of benzene rings is 2. The number of hydrogen-bond donors (Lipinski definition) is 1. The molecule has 1 N–H and O–H groups in total. The third-order valence-electron chi connectivity index (χ3n) is 5.71. The predicted molar refractivity (Wildman–Crippen MR) is 119 cm³/mol. The monoisotopic (exact) mass is 545 g/mol. The summed E-state index contributed by atoms with van der Waals surface area (Å²) in [6.07, 6.45) is 3.32. The molecule has 0 radical (unpaired) electrons. The van der Waals surface area contributed by atoms with Gasteiger partial charge in [0, 0.05) is 27.5 Å². The van der Waals surface area contributed by atoms with Crippen molar-refractivity contribution in [3.8, 4) is 17.3 Å². The molecule has 0 aliphatic heterocycles. The normalized spacial score (nSPS) is 13.5. The van der Waals surface area contributed by atoms with Crippen molar-refractivity contribution in [2.24, 2.45) is 0 Å². The molecule has 6 nitrogen and oxygen atoms in total. The number of aliphatic hydroxyl groups is 1. The lowest BCUT2D eigenvalue weighted by molar-refractivity contribution is -0.694. The zero-order valence-electron chi connectivity index (χ0n) is 18.5. The van der Waals surface area contributed by atoms with Crippen LogP contribution in [0.1, 0.15) is 35.9 Å². The lowest BCUT2D eigenvalue weighted by Crippen LogP contribution is -3.00. The third-order valence-corrected chi connectivity index (χ3v) is 6.74. The number of halogens is 3. The molecule has 0 saturated heterocycles. The van der Waals surface area contributed by atoms with E-state index in [1.54, 1.807) is 43.8 Å². The minimum Gasteiger partial charge on any atom is -1.00 e. The zero-order chi connectivity index (χ0) is 23.6. The van der Waals surface area contributed by atoms with E-state index in [0.29, 0.717) is 22.8 Å². The second kappa shape index (κ2) is 10.5. The topological polar surface area (TPSA) is 78.6 Å². The summed E-state index contributed by atoms with van der Waals surface area (Å²) >= 11 is 1.33. The molecule has 4 aromatic rings. The van der Waals surface area contributed by atoms with Crippen LogP contribution in [0.2, 0.25) is 0 Å². The molecule has 0 unspecified atom stereocenters. The number of aryl methyl sites for hydroxylation is 1. The van der Waals surface area contributed by atoms with Gasteiger partial charge in [0.25, 0.3) is 6.33 Å². The summed E-state index contributed by atoms with van der Waals surface area (Å²) in [6, 6.07) is 12.2. The quantitative estimate of drug-likeness (QED) is 0.353. The number of nitriles is 1. The first-order chi connectivity index (χ1) is 15.8. The molecule has 2 aromatic heterocycles. The van der Waals surface area contributed by atoms with Gasteiger partial charge in [0.05, 0.1) is 28.9 Å². The molecule has 4 rings (SSSR count). The Morgan fingerprint density at radius 1 is 1.24 bits per heavy atom. The molecule has 2 atom stereocenters. The molecular formula is C24H22BrF2N5OS. The van der Waals surface area contributed by atoms with Gasteiger partial charge in [-0.25, -0.2) is 18.3 Å². The summed E-state index contributed by atoms with van der Waals surface area (Å²) in [7, 11) is 0. The fraction of sp³-hybridized carbons (Fsp3) is 0.250. The molecule has 0 spiro atoms. The summed E-state index contributed by atoms with van der Waals surface area (Å²) in [5.41, 5.74) is 0.0751. The van der Waals surface area contributed by atoms with Gasteiger partial charge in [0.2, 0.25) is 6.33 Å². The Morgan fingerprint density at radius 2 is 1.97 bits per heavy atom. The fourth-order valence-electron chi connectivity index (χ4n) is 3.68. The van der Waals surface area contributed by atoms with E-state index >= 15 is 0 Å². The van der Waals surface area contributed by atoms with Crippen LogP contribution in [0.5, 0.6) is 0 Å². The van der Waals surface area contributed by atoms with Gasteiger partial charge in [-0.3, -0.25) is 0 Å². The highest BCUT2D eigenvalue weighted by molar-refractivity contribution is 7.10. The summed E-state index contributed by atoms with van der Waals surface area (Å²) < 4.78 is 32.3. The minimum absolute atomic E-state index is 0. The van der Waals surface area contributed by atoms with E-state index in [1.165, 1.54) is 16.0 Å². The predicted octanol–water partition coefficient (Wildman–Crippen LogP) is 1.16. The van der Waals surface area contributed by atoms with E-state index in [2.05, 4.69) is 16.2 Å². The standard InChI is InChI=1S/C24H22F2N5OS.BrH/c1-3-30-14-28-31(15-30)13-24(32,20-10-19(25)8-9-21(20)26)16(2)23-29-22(12-33-23)18-6-4-17(11-27)5-7-18;/h4-10,12,14-16,32H,3,13H2,1-2H3;1H/q+1;/p-1/t16-,24+;/m0./s1. The van der Waals surface area contributed by atoms with E-state index in [4.69, 9.17) is 5.26 Å². The summed E-state index contributed by atoms with van der Waals surface area (Å²) in [6.45, 7) is 4.28. The van der Waals surface area contributed by atoms with Gasteiger partial charge in [-0.15, -0.1) is 16.0 Å². The highest BCUT2D eigenvalue weighted by Crippen LogP contribution is 2.41. The molecule has 0 aliphatic rings. The first kappa shape index (κ1) is 25.6. The van der Waals surface area contributed by atoms with Gasteiger partial charge in [-0.05, 0) is 37.3 Å². The Balaban J connectivity index is 0.00000324. The Bertz CT molecular complexity index is 1320. The summed E-state index contributed by atoms with van der Waals surface area (Å²) in [5.74, 6) is -2.02. The van der Waals surface area contributed by atoms with Crippen molar-refractivity contribution < 1.29 is 35.4 Å². The van der Waals surface area contributed by atoms with Crippen LogP contribution in [-0.4, -0.2) is 19.9 Å². The zero-order valence-corrected chi connectivity index (χ0v) is 20.9. The molecule has 2 aromatic carbocycles. The van der Waals surface area contributed by atoms with Crippen LogP contribution in [0.4, 0.5) is 8.78 Å². The van der Waals surface area contributed by atoms with Crippen LogP contribution in [0.15, 0.2) is 60.5 Å². The van der Waals surface area contributed by atoms with E-state index < -0.39 is 23.2 Å². The van der Waals surface area contributed by atoms with E-state index in [0.717, 1.165) is 23.8 Å². The van der Waals surface area contributed by atoms with Gasteiger partial charge in [0.1, 0.15) is 23.8 Å². The minimum atomic E-state index is -1.82. The Kier molecular flexibility index (Phi) is 7.92. The maximum absolute atomic E-state index is 14.9. The van der Waals surface area contributed by atoms with Crippen molar-refractivity contribution in [1.29, 1.82) is 5.26 Å². The number of thiazole rings is 1. The average molecular weight is 546 g/mol. The van der Waals surface area contributed by atoms with Gasteiger partial charge in [0.15, 0.2) is 0 Å². The molecule has 10 heteroatoms. The fourth-order valence-corrected chi connectivity index (χ4v) is 4.65. The van der Waals surface area contributed by atoms with Gasteiger partial charge in [-0.1, -0.05) is 19.1 Å². The highest BCUT2D eigenvalue weighted by atomic mass is 79.9. The Hall–Kier alpha value is -3.00. The lowest BCUT2D eigenvalue weighted by Gasteiger charge is -2.32. The average Bonchev–Trinajstić information content (AvgIpc) is 3.50. The maximum Gasteiger partial charge on any atom is 0.265 e. The van der Waals surface area contributed by atoms with Crippen molar-refractivity contribution >= 4 is 11.3 Å². The van der Waals surface area contributed by atoms with Crippen LogP contribution < -0.4 is 21.5 Å². The van der Waals surface area contributed by atoms with Crippen molar-refractivity contribution in [3.05, 3.63) is 88.3 Å². The number of hydrogen-bond acceptors (Lipinski definition) is 5. The van der Waals surface area contributed by atoms with Gasteiger partial charge < -0.3 is 22.1 Å². The lowest BCUT2D eigenvalue weighted by atomic mass is 9.82. The van der Waals surface area contributed by atoms with Crippen molar-refractivity contribution in [3.63, 3.8) is 0 Å². The van der Waals surface area contributed by atoms with Crippen LogP contribution >= 0.6 is 11.3 Å². The van der Waals surface area contributed by atoms with Crippen LogP contribution in [0, 0.1) is 23.0 Å². The molecule has 0 fully saturated rings. The molecule has 176 valence electrons. The van der Waals surface area contributed by atoms with Crippen molar-refractivity contribution in [2.75, 3.05) is 0 Å². The first-order valence-corrected chi connectivity index (χ1v) is 11.3. The molecule has 34 heavy (non-hydrogen) atoms.